The molecule has 6 aromatic carbocycles. The third kappa shape index (κ3) is 14.1. The topological polar surface area (TPSA) is 79.8 Å². The van der Waals surface area contributed by atoms with Crippen LogP contribution < -0.4 is 18.4 Å². The van der Waals surface area contributed by atoms with Crippen LogP contribution in [-0.4, -0.2) is 19.8 Å². The van der Waals surface area contributed by atoms with Crippen LogP contribution in [0.2, 0.25) is 0 Å². The summed E-state index contributed by atoms with van der Waals surface area (Å²) in [6.45, 7) is 7.71. The van der Waals surface area contributed by atoms with Gasteiger partial charge in [0, 0.05) is 0 Å². The maximum atomic E-state index is 6.97. The lowest BCUT2D eigenvalue weighted by atomic mass is 10.1. The summed E-state index contributed by atoms with van der Waals surface area (Å²) in [7, 11) is -7.28. The fourth-order valence-electron chi connectivity index (χ4n) is 5.74. The first-order chi connectivity index (χ1) is 29.1. The Morgan fingerprint density at radius 2 is 0.915 bits per heavy atom. The quantitative estimate of drug-likeness (QED) is 0.0480. The molecule has 0 fully saturated rings. The predicted octanol–water partition coefficient (Wildman–Crippen LogP) is 15.7. The first-order valence-electron chi connectivity index (χ1n) is 20.5. The molecular formula is C48H55N2O6P3+2. The number of nitrogens with zero attached hydrogens (tertiary/aromatic N) is 1. The molecule has 11 heteroatoms. The van der Waals surface area contributed by atoms with Crippen LogP contribution in [0.5, 0.6) is 17.2 Å². The highest BCUT2D eigenvalue weighted by atomic mass is 31.3. The van der Waals surface area contributed by atoms with E-state index in [4.69, 9.17) is 31.7 Å². The molecule has 0 aliphatic rings. The number of hydrogen-bond acceptors (Lipinski definition) is 8. The SMILES string of the molecule is CCCCOP(N[P+](N=[P+](OCCCC)Oc1ccc(-c2ccccc2)cc1)(OCCCC)Oc1ccc(-c2ccccc2)cc1)Oc1ccc(-c2ccccc2)cc1. The van der Waals surface area contributed by atoms with Crippen molar-refractivity contribution in [3.8, 4) is 50.6 Å². The molecule has 0 aliphatic carbocycles. The zero-order valence-corrected chi connectivity index (χ0v) is 36.9. The van der Waals surface area contributed by atoms with Gasteiger partial charge in [0.05, 0.1) is 13.2 Å². The van der Waals surface area contributed by atoms with E-state index in [1.807, 2.05) is 115 Å². The maximum Gasteiger partial charge on any atom is 0.660 e. The van der Waals surface area contributed by atoms with Gasteiger partial charge in [-0.1, -0.05) is 167 Å². The van der Waals surface area contributed by atoms with E-state index in [0.29, 0.717) is 37.1 Å². The molecule has 1 N–H and O–H groups in total. The van der Waals surface area contributed by atoms with Crippen LogP contribution in [-0.2, 0) is 13.6 Å². The lowest BCUT2D eigenvalue weighted by Crippen LogP contribution is -2.21. The molecule has 0 aliphatic heterocycles. The summed E-state index contributed by atoms with van der Waals surface area (Å²) < 4.78 is 45.3. The fourth-order valence-corrected chi connectivity index (χ4v) is 11.5. The van der Waals surface area contributed by atoms with Gasteiger partial charge in [-0.25, -0.2) is 4.52 Å². The van der Waals surface area contributed by atoms with Gasteiger partial charge in [0.1, 0.15) is 12.4 Å². The van der Waals surface area contributed by atoms with Crippen LogP contribution in [0, 0.1) is 0 Å². The summed E-state index contributed by atoms with van der Waals surface area (Å²) in [5.74, 6) is 1.86. The molecule has 0 amide bonds. The van der Waals surface area contributed by atoms with E-state index in [2.05, 4.69) is 74.2 Å². The molecule has 0 radical (unpaired) electrons. The van der Waals surface area contributed by atoms with E-state index in [1.54, 1.807) is 0 Å². The van der Waals surface area contributed by atoms with Gasteiger partial charge in [-0.2, -0.15) is 4.52 Å². The number of benzene rings is 6. The van der Waals surface area contributed by atoms with E-state index >= 15 is 0 Å². The highest BCUT2D eigenvalue weighted by Crippen LogP contribution is 2.67. The van der Waals surface area contributed by atoms with Crippen LogP contribution in [0.4, 0.5) is 0 Å². The fraction of sp³-hybridized carbons (Fsp3) is 0.250. The molecule has 3 atom stereocenters. The van der Waals surface area contributed by atoms with Crippen molar-refractivity contribution in [3.05, 3.63) is 164 Å². The number of rotatable bonds is 24. The van der Waals surface area contributed by atoms with Crippen molar-refractivity contribution < 1.29 is 27.1 Å². The molecule has 8 nitrogen and oxygen atoms in total. The Bertz CT molecular complexity index is 2110. The summed E-state index contributed by atoms with van der Waals surface area (Å²) in [6, 6.07) is 54.8. The summed E-state index contributed by atoms with van der Waals surface area (Å²) in [5.41, 5.74) is 6.61. The van der Waals surface area contributed by atoms with Crippen LogP contribution in [0.3, 0.4) is 0 Å². The van der Waals surface area contributed by atoms with Gasteiger partial charge in [0.2, 0.25) is 4.52 Å². The Balaban J connectivity index is 1.38. The molecule has 0 saturated heterocycles. The van der Waals surface area contributed by atoms with E-state index in [-0.39, 0.29) is 0 Å². The maximum absolute atomic E-state index is 6.97. The van der Waals surface area contributed by atoms with E-state index < -0.39 is 24.7 Å². The van der Waals surface area contributed by atoms with Crippen LogP contribution in [0.25, 0.3) is 33.4 Å². The molecule has 3 unspecified atom stereocenters. The summed E-state index contributed by atoms with van der Waals surface area (Å²) in [6.07, 6.45) is 5.33. The van der Waals surface area contributed by atoms with Crippen molar-refractivity contribution in [2.75, 3.05) is 19.8 Å². The first-order valence-corrected chi connectivity index (χ1v) is 24.4. The normalized spacial score (nSPS) is 13.0. The second kappa shape index (κ2) is 23.9. The minimum absolute atomic E-state index is 0.386. The van der Waals surface area contributed by atoms with E-state index in [0.717, 1.165) is 71.9 Å². The molecule has 59 heavy (non-hydrogen) atoms. The average Bonchev–Trinajstić information content (AvgIpc) is 3.28. The number of unbranched alkanes of at least 4 members (excludes halogenated alkanes) is 3. The van der Waals surface area contributed by atoms with Crippen molar-refractivity contribution in [3.63, 3.8) is 0 Å². The van der Waals surface area contributed by atoms with Crippen molar-refractivity contribution in [1.82, 2.24) is 4.86 Å². The average molecular weight is 849 g/mol. The van der Waals surface area contributed by atoms with Crippen molar-refractivity contribution in [2.45, 2.75) is 59.3 Å². The molecule has 6 aromatic rings. The molecule has 0 spiro atoms. The first kappa shape index (κ1) is 44.1. The van der Waals surface area contributed by atoms with Gasteiger partial charge >= 0.3 is 24.7 Å². The summed E-state index contributed by atoms with van der Waals surface area (Å²) in [5, 5.41) is 0. The third-order valence-corrected chi connectivity index (χ3v) is 14.8. The second-order valence-corrected chi connectivity index (χ2v) is 18.6. The lowest BCUT2D eigenvalue weighted by molar-refractivity contribution is 0.274. The Hall–Kier alpha value is -4.48. The lowest BCUT2D eigenvalue weighted by Gasteiger charge is -2.22. The Morgan fingerprint density at radius 1 is 0.492 bits per heavy atom. The van der Waals surface area contributed by atoms with Crippen LogP contribution in [0.1, 0.15) is 59.3 Å². The van der Waals surface area contributed by atoms with Gasteiger partial charge in [-0.3, -0.25) is 4.52 Å². The zero-order chi connectivity index (χ0) is 41.0. The molecule has 0 saturated carbocycles. The molecule has 0 aromatic heterocycles. The Kier molecular flexibility index (Phi) is 17.9. The van der Waals surface area contributed by atoms with Gasteiger partial charge < -0.3 is 9.05 Å². The zero-order valence-electron chi connectivity index (χ0n) is 34.2. The predicted molar refractivity (Wildman–Crippen MR) is 246 cm³/mol. The van der Waals surface area contributed by atoms with Crippen LogP contribution in [0.15, 0.2) is 168 Å². The van der Waals surface area contributed by atoms with Gasteiger partial charge in [-0.15, -0.1) is 4.52 Å². The molecule has 0 bridgehead atoms. The highest BCUT2D eigenvalue weighted by Gasteiger charge is 2.57. The minimum atomic E-state index is -3.50. The molecule has 306 valence electrons. The monoisotopic (exact) mass is 848 g/mol. The van der Waals surface area contributed by atoms with Crippen LogP contribution >= 0.6 is 24.7 Å². The van der Waals surface area contributed by atoms with Gasteiger partial charge in [-0.05, 0) is 93.9 Å². The third-order valence-electron chi connectivity index (χ3n) is 9.05. The minimum Gasteiger partial charge on any atom is -0.434 e. The van der Waals surface area contributed by atoms with Crippen molar-refractivity contribution in [2.24, 2.45) is 4.52 Å². The highest BCUT2D eigenvalue weighted by molar-refractivity contribution is 7.75. The smallest absolute Gasteiger partial charge is 0.434 e. The molecule has 0 heterocycles. The van der Waals surface area contributed by atoms with Gasteiger partial charge in [0.25, 0.3) is 0 Å². The molecular weight excluding hydrogens is 793 g/mol. The van der Waals surface area contributed by atoms with Gasteiger partial charge in [0.15, 0.2) is 11.5 Å². The summed E-state index contributed by atoms with van der Waals surface area (Å²) in [4.78, 5) is 3.59. The number of hydrogen-bond donors (Lipinski definition) is 1. The molecule has 6 rings (SSSR count). The largest absolute Gasteiger partial charge is 0.660 e. The van der Waals surface area contributed by atoms with E-state index in [9.17, 15) is 0 Å². The Morgan fingerprint density at radius 3 is 1.41 bits per heavy atom. The second-order valence-electron chi connectivity index (χ2n) is 13.7. The van der Waals surface area contributed by atoms with E-state index in [1.165, 1.54) is 0 Å². The standard InChI is InChI=1S/C48H55N2O6P3/c1-4-7-37-51-57(54-46-31-25-43(26-32-46)40-19-13-10-14-20-40)49-59(53-39-9-6-3,56-48-35-29-45(30-36-48)42-23-17-12-18-24-42)50-58(52-38-8-5-2)55-47-33-27-44(28-34-47)41-21-15-11-16-22-41/h10-36,49H,4-9,37-39H2,1-3H3/q+2. The van der Waals surface area contributed by atoms with Crippen molar-refractivity contribution in [1.29, 1.82) is 0 Å². The summed E-state index contributed by atoms with van der Waals surface area (Å²) >= 11 is 0. The number of nitrogens with one attached hydrogen (secondary N) is 1. The Labute approximate surface area is 353 Å². The van der Waals surface area contributed by atoms with Crippen molar-refractivity contribution >= 4 is 24.7 Å².